The molecule has 1 aliphatic carbocycles. The van der Waals surface area contributed by atoms with Crippen LogP contribution >= 0.6 is 11.6 Å². The summed E-state index contributed by atoms with van der Waals surface area (Å²) in [6.45, 7) is 1.84. The van der Waals surface area contributed by atoms with Crippen molar-refractivity contribution in [3.63, 3.8) is 0 Å². The molecule has 0 radical (unpaired) electrons. The minimum Gasteiger partial charge on any atom is -0.260 e. The summed E-state index contributed by atoms with van der Waals surface area (Å²) in [6, 6.07) is 0. The molecule has 4 nitrogen and oxygen atoms in total. The highest BCUT2D eigenvalue weighted by molar-refractivity contribution is 6.22. The molecule has 0 saturated heterocycles. The van der Waals surface area contributed by atoms with Gasteiger partial charge in [-0.1, -0.05) is 11.6 Å². The standard InChI is InChI=1S/C7H11ClN4/c1-4-10-6(5-2-3-5)11-7(8)12(4)9/h5,7H,2-3,9H2,1H3. The van der Waals surface area contributed by atoms with Crippen LogP contribution in [0.2, 0.25) is 0 Å². The molecule has 1 saturated carbocycles. The Morgan fingerprint density at radius 1 is 1.58 bits per heavy atom. The van der Waals surface area contributed by atoms with Crippen LogP contribution in [0.15, 0.2) is 9.98 Å². The van der Waals surface area contributed by atoms with Gasteiger partial charge in [-0.3, -0.25) is 5.01 Å². The molecule has 1 aliphatic heterocycles. The van der Waals surface area contributed by atoms with Crippen LogP contribution in [0.1, 0.15) is 19.8 Å². The van der Waals surface area contributed by atoms with E-state index in [9.17, 15) is 0 Å². The van der Waals surface area contributed by atoms with Gasteiger partial charge in [-0.2, -0.15) is 0 Å². The quantitative estimate of drug-likeness (QED) is 0.376. The van der Waals surface area contributed by atoms with E-state index < -0.39 is 5.62 Å². The van der Waals surface area contributed by atoms with Gasteiger partial charge < -0.3 is 0 Å². The monoisotopic (exact) mass is 186 g/mol. The Hall–Kier alpha value is -0.610. The Morgan fingerprint density at radius 3 is 2.75 bits per heavy atom. The summed E-state index contributed by atoms with van der Waals surface area (Å²) in [5.74, 6) is 7.72. The lowest BCUT2D eigenvalue weighted by atomic mass is 10.4. The lowest BCUT2D eigenvalue weighted by Gasteiger charge is -2.24. The number of hydrogen-bond donors (Lipinski definition) is 1. The molecule has 66 valence electrons. The molecular formula is C7H11ClN4. The number of amidine groups is 2. The fourth-order valence-electron chi connectivity index (χ4n) is 1.12. The van der Waals surface area contributed by atoms with Crippen LogP contribution in [0.4, 0.5) is 0 Å². The maximum Gasteiger partial charge on any atom is 0.213 e. The normalized spacial score (nSPS) is 29.9. The van der Waals surface area contributed by atoms with Crippen LogP contribution in [0.25, 0.3) is 0 Å². The van der Waals surface area contributed by atoms with Crippen LogP contribution in [0.3, 0.4) is 0 Å². The van der Waals surface area contributed by atoms with Crippen LogP contribution < -0.4 is 5.84 Å². The summed E-state index contributed by atoms with van der Waals surface area (Å²) in [4.78, 5) is 8.43. The number of nitrogens with zero attached hydrogens (tertiary/aromatic N) is 3. The van der Waals surface area contributed by atoms with Gasteiger partial charge in [0.05, 0.1) is 0 Å². The van der Waals surface area contributed by atoms with Crippen molar-refractivity contribution in [2.24, 2.45) is 21.7 Å². The molecule has 0 aromatic rings. The molecule has 0 aromatic heterocycles. The lowest BCUT2D eigenvalue weighted by molar-refractivity contribution is 0.406. The number of alkyl halides is 1. The highest BCUT2D eigenvalue weighted by Gasteiger charge is 2.31. The minimum atomic E-state index is -0.474. The predicted octanol–water partition coefficient (Wildman–Crippen LogP) is 0.925. The van der Waals surface area contributed by atoms with Gasteiger partial charge in [0.15, 0.2) is 0 Å². The number of aliphatic imine (C=N–C) groups is 2. The number of nitrogens with two attached hydrogens (primary N) is 1. The Bertz CT molecular complexity index is 256. The molecule has 12 heavy (non-hydrogen) atoms. The first-order chi connectivity index (χ1) is 5.68. The first kappa shape index (κ1) is 8.01. The van der Waals surface area contributed by atoms with Crippen molar-refractivity contribution < 1.29 is 0 Å². The third-order valence-electron chi connectivity index (χ3n) is 2.06. The molecule has 2 N–H and O–H groups in total. The molecule has 1 unspecified atom stereocenters. The van der Waals surface area contributed by atoms with Gasteiger partial charge in [-0.25, -0.2) is 15.8 Å². The fourth-order valence-corrected chi connectivity index (χ4v) is 1.36. The zero-order valence-corrected chi connectivity index (χ0v) is 7.62. The molecule has 5 heteroatoms. The van der Waals surface area contributed by atoms with Crippen molar-refractivity contribution >= 4 is 23.3 Å². The van der Waals surface area contributed by atoms with E-state index in [0.717, 1.165) is 11.7 Å². The number of halogens is 1. The van der Waals surface area contributed by atoms with Crippen LogP contribution in [-0.2, 0) is 0 Å². The van der Waals surface area contributed by atoms with Crippen molar-refractivity contribution in [3.05, 3.63) is 0 Å². The average Bonchev–Trinajstić information content (AvgIpc) is 2.81. The summed E-state index contributed by atoms with van der Waals surface area (Å²) < 4.78 is 0. The van der Waals surface area contributed by atoms with Gasteiger partial charge in [-0.05, 0) is 19.8 Å². The van der Waals surface area contributed by atoms with E-state index in [1.54, 1.807) is 0 Å². The molecule has 0 aromatic carbocycles. The Kier molecular flexibility index (Phi) is 1.81. The molecule has 0 spiro atoms. The molecule has 2 rings (SSSR count). The van der Waals surface area contributed by atoms with E-state index in [1.807, 2.05) is 6.92 Å². The molecule has 0 amide bonds. The molecule has 1 atom stereocenters. The van der Waals surface area contributed by atoms with E-state index in [1.165, 1.54) is 17.9 Å². The molecule has 2 aliphatic rings. The van der Waals surface area contributed by atoms with Crippen molar-refractivity contribution in [1.29, 1.82) is 0 Å². The fraction of sp³-hybridized carbons (Fsp3) is 0.714. The number of rotatable bonds is 1. The largest absolute Gasteiger partial charge is 0.260 e. The van der Waals surface area contributed by atoms with Gasteiger partial charge in [-0.15, -0.1) is 0 Å². The third-order valence-corrected chi connectivity index (χ3v) is 2.37. The first-order valence-corrected chi connectivity index (χ1v) is 4.43. The lowest BCUT2D eigenvalue weighted by Crippen LogP contribution is -2.44. The molecule has 1 fully saturated rings. The second-order valence-corrected chi connectivity index (χ2v) is 3.53. The van der Waals surface area contributed by atoms with E-state index in [0.29, 0.717) is 5.92 Å². The smallest absolute Gasteiger partial charge is 0.213 e. The van der Waals surface area contributed by atoms with Gasteiger partial charge in [0.1, 0.15) is 11.7 Å². The van der Waals surface area contributed by atoms with Crippen molar-refractivity contribution in [3.8, 4) is 0 Å². The number of hydrogen-bond acceptors (Lipinski definition) is 4. The van der Waals surface area contributed by atoms with Gasteiger partial charge in [0, 0.05) is 5.92 Å². The van der Waals surface area contributed by atoms with Crippen molar-refractivity contribution in [2.45, 2.75) is 25.4 Å². The second-order valence-electron chi connectivity index (χ2n) is 3.14. The average molecular weight is 187 g/mol. The number of hydrazine groups is 1. The Labute approximate surface area is 76.1 Å². The molecule has 1 heterocycles. The van der Waals surface area contributed by atoms with Crippen molar-refractivity contribution in [2.75, 3.05) is 0 Å². The summed E-state index contributed by atoms with van der Waals surface area (Å²) in [6.07, 6.45) is 2.37. The summed E-state index contributed by atoms with van der Waals surface area (Å²) in [5, 5.41) is 1.37. The highest BCUT2D eigenvalue weighted by Crippen LogP contribution is 2.32. The molecular weight excluding hydrogens is 176 g/mol. The van der Waals surface area contributed by atoms with Gasteiger partial charge in [0.2, 0.25) is 5.62 Å². The van der Waals surface area contributed by atoms with Crippen LogP contribution in [0.5, 0.6) is 0 Å². The van der Waals surface area contributed by atoms with E-state index >= 15 is 0 Å². The summed E-state index contributed by atoms with van der Waals surface area (Å²) in [5.41, 5.74) is -0.474. The topological polar surface area (TPSA) is 54.0 Å². The van der Waals surface area contributed by atoms with Gasteiger partial charge >= 0.3 is 0 Å². The maximum atomic E-state index is 5.86. The third kappa shape index (κ3) is 1.32. The van der Waals surface area contributed by atoms with E-state index in [4.69, 9.17) is 17.4 Å². The van der Waals surface area contributed by atoms with Gasteiger partial charge in [0.25, 0.3) is 0 Å². The zero-order chi connectivity index (χ0) is 8.72. The summed E-state index contributed by atoms with van der Waals surface area (Å²) >= 11 is 5.86. The summed E-state index contributed by atoms with van der Waals surface area (Å²) in [7, 11) is 0. The van der Waals surface area contributed by atoms with Crippen LogP contribution in [-0.4, -0.2) is 22.3 Å². The minimum absolute atomic E-state index is 0.474. The maximum absolute atomic E-state index is 5.86. The van der Waals surface area contributed by atoms with E-state index in [2.05, 4.69) is 9.98 Å². The van der Waals surface area contributed by atoms with E-state index in [-0.39, 0.29) is 0 Å². The first-order valence-electron chi connectivity index (χ1n) is 3.99. The highest BCUT2D eigenvalue weighted by atomic mass is 35.5. The Balaban J connectivity index is 2.20. The SMILES string of the molecule is CC1=NC(C2CC2)=NC(Cl)N1N. The predicted molar refractivity (Wildman–Crippen MR) is 48.9 cm³/mol. The van der Waals surface area contributed by atoms with Crippen LogP contribution in [0, 0.1) is 5.92 Å². The Morgan fingerprint density at radius 2 is 2.25 bits per heavy atom. The molecule has 0 bridgehead atoms. The van der Waals surface area contributed by atoms with Crippen molar-refractivity contribution in [1.82, 2.24) is 5.01 Å². The zero-order valence-electron chi connectivity index (χ0n) is 6.87. The second kappa shape index (κ2) is 2.71.